The van der Waals surface area contributed by atoms with Crippen LogP contribution < -0.4 is 10.2 Å². The van der Waals surface area contributed by atoms with Gasteiger partial charge in [0.2, 0.25) is 5.91 Å². The fourth-order valence-electron chi connectivity index (χ4n) is 3.91. The first kappa shape index (κ1) is 25.5. The van der Waals surface area contributed by atoms with Gasteiger partial charge in [-0.05, 0) is 26.0 Å². The van der Waals surface area contributed by atoms with Crippen LogP contribution in [0.4, 0.5) is 24.8 Å². The number of rotatable bonds is 4. The molecule has 1 aliphatic heterocycles. The summed E-state index contributed by atoms with van der Waals surface area (Å²) in [7, 11) is 0. The smallest absolute Gasteiger partial charge is 0.377 e. The number of pyridine rings is 1. The van der Waals surface area contributed by atoms with Crippen LogP contribution in [0.15, 0.2) is 18.3 Å². The lowest BCUT2D eigenvalue weighted by Gasteiger charge is -2.34. The van der Waals surface area contributed by atoms with Crippen LogP contribution in [-0.4, -0.2) is 57.6 Å². The Morgan fingerprint density at radius 1 is 1.25 bits per heavy atom. The van der Waals surface area contributed by atoms with Crippen LogP contribution in [0.5, 0.6) is 0 Å². The summed E-state index contributed by atoms with van der Waals surface area (Å²) in [6.45, 7) is 9.83. The number of aromatic nitrogens is 4. The van der Waals surface area contributed by atoms with Crippen molar-refractivity contribution in [2.75, 3.05) is 30.0 Å². The zero-order chi connectivity index (χ0) is 26.4. The molecule has 0 radical (unpaired) electrons. The number of aldehydes is 1. The number of alkyl halides is 3. The summed E-state index contributed by atoms with van der Waals surface area (Å²) in [6.07, 6.45) is -3.09. The lowest BCUT2D eigenvalue weighted by Crippen LogP contribution is -2.44. The molecule has 0 saturated carbocycles. The highest BCUT2D eigenvalue weighted by molar-refractivity contribution is 5.94. The summed E-state index contributed by atoms with van der Waals surface area (Å²) in [4.78, 5) is 34.4. The van der Waals surface area contributed by atoms with E-state index in [2.05, 4.69) is 20.4 Å². The Hall–Kier alpha value is -3.54. The third-order valence-corrected chi connectivity index (χ3v) is 6.03. The van der Waals surface area contributed by atoms with Gasteiger partial charge in [0.25, 0.3) is 0 Å². The molecule has 3 aromatic heterocycles. The van der Waals surface area contributed by atoms with Crippen LogP contribution >= 0.6 is 0 Å². The Labute approximate surface area is 205 Å². The van der Waals surface area contributed by atoms with E-state index in [1.165, 1.54) is 4.52 Å². The molecule has 1 amide bonds. The molecule has 0 aromatic carbocycles. The van der Waals surface area contributed by atoms with E-state index in [-0.39, 0.29) is 23.2 Å². The minimum Gasteiger partial charge on any atom is -0.377 e. The molecule has 0 bridgehead atoms. The highest BCUT2D eigenvalue weighted by Gasteiger charge is 2.36. The third kappa shape index (κ3) is 4.77. The number of ether oxygens (including phenoxy) is 1. The monoisotopic (exact) mass is 504 g/mol. The molecule has 1 aliphatic rings. The molecule has 36 heavy (non-hydrogen) atoms. The average molecular weight is 505 g/mol. The van der Waals surface area contributed by atoms with Crippen molar-refractivity contribution in [3.63, 3.8) is 0 Å². The molecule has 3 aromatic rings. The number of aryl methyl sites for hydroxylation is 1. The quantitative estimate of drug-likeness (QED) is 0.533. The number of fused-ring (bicyclic) bond motifs is 1. The molecular weight excluding hydrogens is 477 g/mol. The summed E-state index contributed by atoms with van der Waals surface area (Å²) in [5, 5.41) is 6.79. The molecular formula is C24H27F3N6O3. The lowest BCUT2D eigenvalue weighted by atomic mass is 9.96. The van der Waals surface area contributed by atoms with Crippen molar-refractivity contribution >= 4 is 29.3 Å². The van der Waals surface area contributed by atoms with Crippen molar-refractivity contribution in [3.8, 4) is 11.4 Å². The van der Waals surface area contributed by atoms with Crippen LogP contribution in [-0.2, 0) is 15.7 Å². The molecule has 4 rings (SSSR count). The van der Waals surface area contributed by atoms with Crippen molar-refractivity contribution in [3.05, 3.63) is 35.2 Å². The van der Waals surface area contributed by atoms with E-state index in [4.69, 9.17) is 4.74 Å². The van der Waals surface area contributed by atoms with E-state index in [0.717, 1.165) is 12.3 Å². The van der Waals surface area contributed by atoms with Crippen molar-refractivity contribution in [2.24, 2.45) is 5.41 Å². The summed E-state index contributed by atoms with van der Waals surface area (Å²) in [5.74, 6) is -0.512. The Morgan fingerprint density at radius 3 is 2.58 bits per heavy atom. The lowest BCUT2D eigenvalue weighted by molar-refractivity contribution is -0.137. The van der Waals surface area contributed by atoms with Gasteiger partial charge in [-0.3, -0.25) is 9.59 Å². The number of carbonyl (C=O) groups excluding carboxylic acids is 2. The third-order valence-electron chi connectivity index (χ3n) is 6.03. The molecule has 9 nitrogen and oxygen atoms in total. The van der Waals surface area contributed by atoms with E-state index in [9.17, 15) is 22.8 Å². The summed E-state index contributed by atoms with van der Waals surface area (Å²) in [6, 6.07) is 2.30. The average Bonchev–Trinajstić information content (AvgIpc) is 3.13. The summed E-state index contributed by atoms with van der Waals surface area (Å²) >= 11 is 0. The number of halogens is 3. The number of morpholine rings is 1. The van der Waals surface area contributed by atoms with Crippen molar-refractivity contribution in [1.29, 1.82) is 0 Å². The predicted molar refractivity (Wildman–Crippen MR) is 127 cm³/mol. The number of hydrogen-bond acceptors (Lipinski definition) is 7. The van der Waals surface area contributed by atoms with Gasteiger partial charge in [0.05, 0.1) is 36.1 Å². The maximum Gasteiger partial charge on any atom is 0.417 e. The first-order valence-electron chi connectivity index (χ1n) is 11.4. The molecule has 192 valence electrons. The highest BCUT2D eigenvalue weighted by Crippen LogP contribution is 2.38. The number of anilines is 2. The van der Waals surface area contributed by atoms with Gasteiger partial charge in [-0.15, -0.1) is 5.10 Å². The van der Waals surface area contributed by atoms with Crippen LogP contribution in [0.2, 0.25) is 0 Å². The number of amides is 1. The Morgan fingerprint density at radius 2 is 1.97 bits per heavy atom. The van der Waals surface area contributed by atoms with Crippen molar-refractivity contribution in [2.45, 2.75) is 46.8 Å². The largest absolute Gasteiger partial charge is 0.417 e. The van der Waals surface area contributed by atoms with Gasteiger partial charge in [-0.2, -0.15) is 13.2 Å². The van der Waals surface area contributed by atoms with Gasteiger partial charge in [0.1, 0.15) is 11.3 Å². The number of nitrogens with zero attached hydrogens (tertiary/aromatic N) is 5. The topological polar surface area (TPSA) is 102 Å². The van der Waals surface area contributed by atoms with E-state index in [1.54, 1.807) is 33.8 Å². The highest BCUT2D eigenvalue weighted by atomic mass is 19.4. The first-order valence-corrected chi connectivity index (χ1v) is 11.4. The minimum absolute atomic E-state index is 0.101. The number of hydrogen-bond donors (Lipinski definition) is 1. The molecule has 1 atom stereocenters. The zero-order valence-electron chi connectivity index (χ0n) is 20.6. The van der Waals surface area contributed by atoms with E-state index < -0.39 is 23.1 Å². The van der Waals surface area contributed by atoms with Gasteiger partial charge in [0, 0.05) is 23.7 Å². The minimum atomic E-state index is -4.77. The molecule has 4 heterocycles. The van der Waals surface area contributed by atoms with Gasteiger partial charge in [-0.1, -0.05) is 20.8 Å². The Balaban J connectivity index is 1.92. The molecule has 1 N–H and O–H groups in total. The molecule has 12 heteroatoms. The van der Waals surface area contributed by atoms with E-state index in [0.29, 0.717) is 48.6 Å². The Bertz CT molecular complexity index is 1330. The van der Waals surface area contributed by atoms with Crippen LogP contribution in [0.1, 0.15) is 49.3 Å². The molecule has 0 aliphatic carbocycles. The first-order chi connectivity index (χ1) is 16.8. The van der Waals surface area contributed by atoms with Gasteiger partial charge in [0.15, 0.2) is 17.9 Å². The predicted octanol–water partition coefficient (Wildman–Crippen LogP) is 4.14. The summed E-state index contributed by atoms with van der Waals surface area (Å²) < 4.78 is 49.5. The van der Waals surface area contributed by atoms with Crippen LogP contribution in [0.3, 0.4) is 0 Å². The maximum absolute atomic E-state index is 14.2. The van der Waals surface area contributed by atoms with Gasteiger partial charge in [-0.25, -0.2) is 14.5 Å². The van der Waals surface area contributed by atoms with E-state index in [1.807, 2.05) is 11.8 Å². The van der Waals surface area contributed by atoms with Crippen LogP contribution in [0.25, 0.3) is 16.9 Å². The molecule has 0 spiro atoms. The summed E-state index contributed by atoms with van der Waals surface area (Å²) in [5.41, 5.74) is -0.871. The molecule has 1 fully saturated rings. The second kappa shape index (κ2) is 9.16. The molecule has 0 unspecified atom stereocenters. The SMILES string of the molecule is Cc1c(C=O)cc2c(N3CCOC[C@@H]3C)nc(-c3cnc(NC(=O)C(C)(C)C)cc3C(F)(F)F)nn12. The van der Waals surface area contributed by atoms with Gasteiger partial charge >= 0.3 is 6.18 Å². The second-order valence-corrected chi connectivity index (χ2v) is 9.79. The van der Waals surface area contributed by atoms with Gasteiger partial charge < -0.3 is 15.0 Å². The Kier molecular flexibility index (Phi) is 6.50. The fourth-order valence-corrected chi connectivity index (χ4v) is 3.91. The fraction of sp³-hybridized carbons (Fsp3) is 0.458. The standard InChI is InChI=1S/C24H27F3N6O3/c1-13-12-36-7-6-32(13)21-18-8-15(11-34)14(2)33(18)31-20(30-21)16-10-28-19(9-17(16)24(25,26)27)29-22(35)23(3,4)5/h8-11,13H,6-7,12H2,1-5H3,(H,28,29,35)/t13-/m0/s1. The van der Waals surface area contributed by atoms with Crippen molar-refractivity contribution < 1.29 is 27.5 Å². The number of nitrogens with one attached hydrogen (secondary N) is 1. The second-order valence-electron chi connectivity index (χ2n) is 9.79. The number of carbonyl (C=O) groups is 2. The van der Waals surface area contributed by atoms with Crippen molar-refractivity contribution in [1.82, 2.24) is 19.6 Å². The zero-order valence-corrected chi connectivity index (χ0v) is 20.6. The normalized spacial score (nSPS) is 16.9. The van der Waals surface area contributed by atoms with E-state index >= 15 is 0 Å². The maximum atomic E-state index is 14.2. The molecule has 1 saturated heterocycles. The van der Waals surface area contributed by atoms with Crippen LogP contribution in [0, 0.1) is 12.3 Å².